The number of amides is 1. The molecule has 0 aliphatic carbocycles. The minimum atomic E-state index is -0.417. The van der Waals surface area contributed by atoms with Crippen LogP contribution in [0.15, 0.2) is 36.8 Å². The van der Waals surface area contributed by atoms with Crippen LogP contribution in [0, 0.1) is 0 Å². The highest BCUT2D eigenvalue weighted by atomic mass is 16.5. The Bertz CT molecular complexity index is 1080. The summed E-state index contributed by atoms with van der Waals surface area (Å²) >= 11 is 0. The highest BCUT2D eigenvalue weighted by Gasteiger charge is 2.43. The topological polar surface area (TPSA) is 76.4 Å². The number of para-hydroxylation sites is 2. The molecular weight excluding hydrogens is 380 g/mol. The molecule has 30 heavy (non-hydrogen) atoms. The maximum atomic E-state index is 13.0. The van der Waals surface area contributed by atoms with Crippen LogP contribution in [0.4, 0.5) is 5.95 Å². The lowest BCUT2D eigenvalue weighted by molar-refractivity contribution is -0.141. The Balaban J connectivity index is 1.32. The highest BCUT2D eigenvalue weighted by Crippen LogP contribution is 2.40. The van der Waals surface area contributed by atoms with Crippen molar-refractivity contribution in [2.75, 3.05) is 38.7 Å². The number of hydrogen-bond donors (Lipinski definition) is 0. The average Bonchev–Trinajstić information content (AvgIpc) is 3.17. The van der Waals surface area contributed by atoms with Gasteiger partial charge >= 0.3 is 0 Å². The lowest BCUT2D eigenvalue weighted by Gasteiger charge is -2.44. The Kier molecular flexibility index (Phi) is 4.66. The van der Waals surface area contributed by atoms with Crippen molar-refractivity contribution in [3.63, 3.8) is 0 Å². The minimum Gasteiger partial charge on any atom is -0.368 e. The van der Waals surface area contributed by atoms with Gasteiger partial charge in [0, 0.05) is 33.4 Å². The number of ether oxygens (including phenoxy) is 1. The van der Waals surface area contributed by atoms with Crippen molar-refractivity contribution in [2.45, 2.75) is 31.4 Å². The van der Waals surface area contributed by atoms with Crippen LogP contribution >= 0.6 is 0 Å². The summed E-state index contributed by atoms with van der Waals surface area (Å²) in [5.41, 5.74) is 3.64. The first-order valence-electron chi connectivity index (χ1n) is 10.4. The van der Waals surface area contributed by atoms with Gasteiger partial charge in [0.15, 0.2) is 0 Å². The van der Waals surface area contributed by atoms with Gasteiger partial charge in [0.2, 0.25) is 11.9 Å². The summed E-state index contributed by atoms with van der Waals surface area (Å²) in [7, 11) is 3.89. The van der Waals surface area contributed by atoms with Crippen LogP contribution in [0.2, 0.25) is 0 Å². The molecule has 156 valence electrons. The zero-order valence-corrected chi connectivity index (χ0v) is 17.4. The number of piperidine rings is 1. The second kappa shape index (κ2) is 7.36. The first-order chi connectivity index (χ1) is 14.6. The summed E-state index contributed by atoms with van der Waals surface area (Å²) < 4.78 is 8.22. The van der Waals surface area contributed by atoms with Gasteiger partial charge in [0.1, 0.15) is 12.1 Å². The molecule has 1 saturated heterocycles. The molecule has 4 heterocycles. The lowest BCUT2D eigenvalue weighted by Crippen LogP contribution is -2.49. The molecule has 2 aliphatic heterocycles. The third kappa shape index (κ3) is 3.21. The summed E-state index contributed by atoms with van der Waals surface area (Å²) in [5.74, 6) is 0.810. The molecule has 0 radical (unpaired) electrons. The Labute approximate surface area is 175 Å². The first kappa shape index (κ1) is 19.0. The quantitative estimate of drug-likeness (QED) is 0.662. The van der Waals surface area contributed by atoms with E-state index in [9.17, 15) is 4.79 Å². The molecule has 5 rings (SSSR count). The monoisotopic (exact) mass is 406 g/mol. The molecular formula is C22H26N6O2. The molecule has 8 heteroatoms. The lowest BCUT2D eigenvalue weighted by atomic mass is 9.83. The van der Waals surface area contributed by atoms with Crippen molar-refractivity contribution in [3.05, 3.63) is 48.0 Å². The third-order valence-corrected chi connectivity index (χ3v) is 6.19. The van der Waals surface area contributed by atoms with Crippen LogP contribution in [0.5, 0.6) is 0 Å². The average molecular weight is 406 g/mol. The van der Waals surface area contributed by atoms with E-state index in [1.54, 1.807) is 6.33 Å². The largest absolute Gasteiger partial charge is 0.368 e. The fourth-order valence-electron chi connectivity index (χ4n) is 4.50. The van der Waals surface area contributed by atoms with Crippen molar-refractivity contribution < 1.29 is 9.53 Å². The van der Waals surface area contributed by atoms with Crippen LogP contribution in [0.1, 0.15) is 24.1 Å². The predicted octanol–water partition coefficient (Wildman–Crippen LogP) is 1.98. The number of anilines is 1. The maximum absolute atomic E-state index is 13.0. The van der Waals surface area contributed by atoms with E-state index in [2.05, 4.69) is 9.97 Å². The molecule has 0 saturated carbocycles. The molecule has 1 fully saturated rings. The van der Waals surface area contributed by atoms with Gasteiger partial charge in [-0.15, -0.1) is 0 Å². The van der Waals surface area contributed by atoms with Gasteiger partial charge in [-0.25, -0.2) is 15.0 Å². The van der Waals surface area contributed by atoms with Crippen LogP contribution in [-0.2, 0) is 28.1 Å². The second-order valence-electron chi connectivity index (χ2n) is 8.27. The van der Waals surface area contributed by atoms with Crippen LogP contribution in [-0.4, -0.2) is 64.1 Å². The Morgan fingerprint density at radius 3 is 2.80 bits per heavy atom. The fraction of sp³-hybridized carbons (Fsp3) is 0.455. The summed E-state index contributed by atoms with van der Waals surface area (Å²) in [6, 6.07) is 7.88. The molecule has 1 amide bonds. The molecule has 2 aromatic heterocycles. The molecule has 0 atom stereocenters. The van der Waals surface area contributed by atoms with E-state index < -0.39 is 5.60 Å². The number of aromatic nitrogens is 4. The van der Waals surface area contributed by atoms with Crippen molar-refractivity contribution in [2.24, 2.45) is 0 Å². The molecule has 0 unspecified atom stereocenters. The molecule has 0 bridgehead atoms. The summed E-state index contributed by atoms with van der Waals surface area (Å²) in [5, 5.41) is 0. The molecule has 1 aromatic carbocycles. The zero-order chi connectivity index (χ0) is 20.7. The predicted molar refractivity (Wildman–Crippen MR) is 113 cm³/mol. The van der Waals surface area contributed by atoms with Crippen molar-refractivity contribution in [1.82, 2.24) is 24.4 Å². The Morgan fingerprint density at radius 2 is 2.00 bits per heavy atom. The van der Waals surface area contributed by atoms with Crippen LogP contribution in [0.25, 0.3) is 11.0 Å². The van der Waals surface area contributed by atoms with Gasteiger partial charge in [0.25, 0.3) is 0 Å². The highest BCUT2D eigenvalue weighted by molar-refractivity contribution is 5.80. The second-order valence-corrected chi connectivity index (χ2v) is 8.27. The van der Waals surface area contributed by atoms with Gasteiger partial charge in [-0.1, -0.05) is 12.1 Å². The number of rotatable bonds is 3. The molecule has 8 nitrogen and oxygen atoms in total. The van der Waals surface area contributed by atoms with E-state index in [0.717, 1.165) is 41.6 Å². The number of likely N-dealkylation sites (tertiary alicyclic amines) is 1. The smallest absolute Gasteiger partial charge is 0.242 e. The Hall–Kier alpha value is -3.00. The van der Waals surface area contributed by atoms with Gasteiger partial charge in [0.05, 0.1) is 29.7 Å². The van der Waals surface area contributed by atoms with Crippen LogP contribution < -0.4 is 4.90 Å². The third-order valence-electron chi connectivity index (χ3n) is 6.19. The zero-order valence-electron chi connectivity index (χ0n) is 17.4. The summed E-state index contributed by atoms with van der Waals surface area (Å²) in [6.45, 7) is 2.29. The first-order valence-corrected chi connectivity index (χ1v) is 10.4. The SMILES string of the molecule is CN(C)c1ncc2c(n1)C1(CCN(C(=O)Cn3cnc4ccccc43)CC1)OCC2. The molecule has 3 aromatic rings. The van der Waals surface area contributed by atoms with Crippen LogP contribution in [0.3, 0.4) is 0 Å². The normalized spacial score (nSPS) is 17.9. The van der Waals surface area contributed by atoms with E-state index in [1.807, 2.05) is 58.9 Å². The number of nitrogens with zero attached hydrogens (tertiary/aromatic N) is 6. The molecule has 0 N–H and O–H groups in total. The fourth-order valence-corrected chi connectivity index (χ4v) is 4.50. The number of imidazole rings is 1. The van der Waals surface area contributed by atoms with Gasteiger partial charge in [-0.2, -0.15) is 0 Å². The van der Waals surface area contributed by atoms with Gasteiger partial charge in [-0.3, -0.25) is 4.79 Å². The van der Waals surface area contributed by atoms with Crippen molar-refractivity contribution in [3.8, 4) is 0 Å². The number of hydrogen-bond acceptors (Lipinski definition) is 6. The van der Waals surface area contributed by atoms with Crippen molar-refractivity contribution >= 4 is 22.9 Å². The van der Waals surface area contributed by atoms with E-state index in [4.69, 9.17) is 9.72 Å². The van der Waals surface area contributed by atoms with E-state index in [1.165, 1.54) is 0 Å². The van der Waals surface area contributed by atoms with Crippen molar-refractivity contribution in [1.29, 1.82) is 0 Å². The number of carbonyl (C=O) groups is 1. The maximum Gasteiger partial charge on any atom is 0.242 e. The van der Waals surface area contributed by atoms with E-state index in [0.29, 0.717) is 32.2 Å². The standard InChI is InChI=1S/C22H26N6O2/c1-26(2)21-23-13-16-7-12-30-22(20(16)25-21)8-10-27(11-9-22)19(29)14-28-15-24-17-5-3-4-6-18(17)28/h3-6,13,15H,7-12,14H2,1-2H3. The molecule has 2 aliphatic rings. The van der Waals surface area contributed by atoms with E-state index in [-0.39, 0.29) is 5.91 Å². The van der Waals surface area contributed by atoms with Gasteiger partial charge in [-0.05, 0) is 37.0 Å². The number of benzene rings is 1. The van der Waals surface area contributed by atoms with Gasteiger partial charge < -0.3 is 19.1 Å². The molecule has 1 spiro atoms. The number of fused-ring (bicyclic) bond motifs is 3. The summed E-state index contributed by atoms with van der Waals surface area (Å²) in [4.78, 5) is 30.5. The minimum absolute atomic E-state index is 0.112. The number of carbonyl (C=O) groups excluding carboxylic acids is 1. The summed E-state index contributed by atoms with van der Waals surface area (Å²) in [6.07, 6.45) is 6.01. The van der Waals surface area contributed by atoms with E-state index >= 15 is 0 Å². The Morgan fingerprint density at radius 1 is 1.20 bits per heavy atom.